The minimum Gasteiger partial charge on any atom is -0.350 e. The Labute approximate surface area is 171 Å². The topological polar surface area (TPSA) is 104 Å². The Morgan fingerprint density at radius 2 is 1.59 bits per heavy atom. The van der Waals surface area contributed by atoms with Gasteiger partial charge in [-0.1, -0.05) is 30.3 Å². The molecule has 29 heavy (non-hydrogen) atoms. The quantitative estimate of drug-likeness (QED) is 0.647. The first-order valence-electron chi connectivity index (χ1n) is 8.99. The molecule has 0 fully saturated rings. The molecular formula is C21H25N3O4S. The maximum Gasteiger partial charge on any atom is 0.255 e. The van der Waals surface area contributed by atoms with E-state index in [9.17, 15) is 18.0 Å². The maximum absolute atomic E-state index is 12.2. The zero-order valence-electron chi connectivity index (χ0n) is 16.6. The number of carbonyl (C=O) groups is 2. The molecule has 0 aliphatic carbocycles. The van der Waals surface area contributed by atoms with Crippen LogP contribution in [0.3, 0.4) is 0 Å². The summed E-state index contributed by atoms with van der Waals surface area (Å²) in [6.07, 6.45) is 1.49. The van der Waals surface area contributed by atoms with Gasteiger partial charge in [-0.2, -0.15) is 0 Å². The van der Waals surface area contributed by atoms with Crippen molar-refractivity contribution in [2.45, 2.75) is 26.3 Å². The standard InChI is InChI=1S/C21H25N3O4S/c1-21(2,3)23-19(25)15-22-20(26)17-9-11-18(12-10-17)24-29(27,28)14-13-16-7-5-4-6-8-16/h4-14,24H,15H2,1-3H3,(H,22,26)(H,23,25)/b14-13+. The summed E-state index contributed by atoms with van der Waals surface area (Å²) >= 11 is 0. The second-order valence-corrected chi connectivity index (χ2v) is 8.99. The van der Waals surface area contributed by atoms with Gasteiger partial charge in [0.1, 0.15) is 0 Å². The Balaban J connectivity index is 1.93. The van der Waals surface area contributed by atoms with Crippen molar-refractivity contribution < 1.29 is 18.0 Å². The molecule has 2 rings (SSSR count). The molecule has 8 heteroatoms. The van der Waals surface area contributed by atoms with E-state index in [1.807, 2.05) is 39.0 Å². The lowest BCUT2D eigenvalue weighted by Gasteiger charge is -2.20. The number of hydrogen-bond acceptors (Lipinski definition) is 4. The molecular weight excluding hydrogens is 390 g/mol. The van der Waals surface area contributed by atoms with Gasteiger partial charge >= 0.3 is 0 Å². The Morgan fingerprint density at radius 3 is 2.17 bits per heavy atom. The molecule has 0 saturated heterocycles. The average molecular weight is 416 g/mol. The zero-order chi connectivity index (χ0) is 21.5. The molecule has 0 saturated carbocycles. The van der Waals surface area contributed by atoms with Crippen molar-refractivity contribution in [3.8, 4) is 0 Å². The number of carbonyl (C=O) groups excluding carboxylic acids is 2. The van der Waals surface area contributed by atoms with E-state index in [-0.39, 0.29) is 18.0 Å². The second kappa shape index (κ2) is 9.38. The summed E-state index contributed by atoms with van der Waals surface area (Å²) in [5.74, 6) is -0.715. The smallest absolute Gasteiger partial charge is 0.255 e. The number of rotatable bonds is 7. The Bertz CT molecular complexity index is 977. The fraction of sp³-hybridized carbons (Fsp3) is 0.238. The minimum atomic E-state index is -3.69. The van der Waals surface area contributed by atoms with Gasteiger partial charge in [0.2, 0.25) is 5.91 Å². The molecule has 154 valence electrons. The third kappa shape index (κ3) is 8.18. The Hall–Kier alpha value is -3.13. The van der Waals surface area contributed by atoms with Crippen LogP contribution in [0.4, 0.5) is 5.69 Å². The molecule has 0 aromatic heterocycles. The molecule has 0 aliphatic heterocycles. The summed E-state index contributed by atoms with van der Waals surface area (Å²) in [5.41, 5.74) is 1.02. The number of anilines is 1. The highest BCUT2D eigenvalue weighted by Crippen LogP contribution is 2.13. The third-order valence-electron chi connectivity index (χ3n) is 3.57. The first-order chi connectivity index (χ1) is 13.5. The molecule has 0 heterocycles. The van der Waals surface area contributed by atoms with Gasteiger partial charge in [0.05, 0.1) is 12.0 Å². The summed E-state index contributed by atoms with van der Waals surface area (Å²) in [7, 11) is -3.69. The maximum atomic E-state index is 12.2. The number of benzene rings is 2. The molecule has 2 amide bonds. The summed E-state index contributed by atoms with van der Waals surface area (Å²) in [5, 5.41) is 6.35. The first-order valence-corrected chi connectivity index (χ1v) is 10.5. The summed E-state index contributed by atoms with van der Waals surface area (Å²) in [4.78, 5) is 23.9. The largest absolute Gasteiger partial charge is 0.350 e. The Kier molecular flexibility index (Phi) is 7.17. The molecule has 0 atom stereocenters. The predicted molar refractivity (Wildman–Crippen MR) is 115 cm³/mol. The highest BCUT2D eigenvalue weighted by molar-refractivity contribution is 7.95. The number of hydrogen-bond donors (Lipinski definition) is 3. The summed E-state index contributed by atoms with van der Waals surface area (Å²) in [6.45, 7) is 5.40. The van der Waals surface area contributed by atoms with E-state index in [0.717, 1.165) is 11.0 Å². The predicted octanol–water partition coefficient (Wildman–Crippen LogP) is 2.74. The lowest BCUT2D eigenvalue weighted by molar-refractivity contribution is -0.121. The van der Waals surface area contributed by atoms with Gasteiger partial charge in [0.25, 0.3) is 15.9 Å². The van der Waals surface area contributed by atoms with Crippen molar-refractivity contribution in [1.82, 2.24) is 10.6 Å². The van der Waals surface area contributed by atoms with E-state index in [4.69, 9.17) is 0 Å². The fourth-order valence-electron chi connectivity index (χ4n) is 2.35. The molecule has 0 unspecified atom stereocenters. The monoisotopic (exact) mass is 415 g/mol. The normalized spacial score (nSPS) is 11.8. The second-order valence-electron chi connectivity index (χ2n) is 7.42. The van der Waals surface area contributed by atoms with Crippen LogP contribution in [0, 0.1) is 0 Å². The van der Waals surface area contributed by atoms with Crippen LogP contribution in [-0.2, 0) is 14.8 Å². The molecule has 0 spiro atoms. The van der Waals surface area contributed by atoms with E-state index in [2.05, 4.69) is 15.4 Å². The van der Waals surface area contributed by atoms with Gasteiger partial charge < -0.3 is 10.6 Å². The lowest BCUT2D eigenvalue weighted by atomic mass is 10.1. The van der Waals surface area contributed by atoms with E-state index in [1.54, 1.807) is 12.1 Å². The van der Waals surface area contributed by atoms with Crippen molar-refractivity contribution in [3.05, 3.63) is 71.1 Å². The van der Waals surface area contributed by atoms with Crippen LogP contribution in [0.25, 0.3) is 6.08 Å². The van der Waals surface area contributed by atoms with E-state index >= 15 is 0 Å². The highest BCUT2D eigenvalue weighted by atomic mass is 32.2. The van der Waals surface area contributed by atoms with Crippen molar-refractivity contribution in [2.24, 2.45) is 0 Å². The van der Waals surface area contributed by atoms with Gasteiger partial charge in [-0.15, -0.1) is 0 Å². The summed E-state index contributed by atoms with van der Waals surface area (Å²) in [6, 6.07) is 15.0. The fourth-order valence-corrected chi connectivity index (χ4v) is 3.21. The van der Waals surface area contributed by atoms with Crippen molar-refractivity contribution in [3.63, 3.8) is 0 Å². The molecule has 0 aliphatic rings. The van der Waals surface area contributed by atoms with Gasteiger partial charge in [0, 0.05) is 16.8 Å². The van der Waals surface area contributed by atoms with Crippen LogP contribution in [-0.4, -0.2) is 32.3 Å². The van der Waals surface area contributed by atoms with Crippen molar-refractivity contribution >= 4 is 33.6 Å². The average Bonchev–Trinajstić information content (AvgIpc) is 2.64. The van der Waals surface area contributed by atoms with Crippen molar-refractivity contribution in [1.29, 1.82) is 0 Å². The highest BCUT2D eigenvalue weighted by Gasteiger charge is 2.15. The van der Waals surface area contributed by atoms with E-state index < -0.39 is 15.9 Å². The zero-order valence-corrected chi connectivity index (χ0v) is 17.4. The Morgan fingerprint density at radius 1 is 0.966 bits per heavy atom. The van der Waals surface area contributed by atoms with E-state index in [1.165, 1.54) is 30.3 Å². The SMILES string of the molecule is CC(C)(C)NC(=O)CNC(=O)c1ccc(NS(=O)(=O)/C=C/c2ccccc2)cc1. The number of nitrogens with one attached hydrogen (secondary N) is 3. The van der Waals surface area contributed by atoms with Crippen LogP contribution >= 0.6 is 0 Å². The van der Waals surface area contributed by atoms with Gasteiger partial charge in [-0.05, 0) is 56.7 Å². The molecule has 2 aromatic rings. The molecule has 2 aromatic carbocycles. The van der Waals surface area contributed by atoms with Crippen molar-refractivity contribution in [2.75, 3.05) is 11.3 Å². The lowest BCUT2D eigenvalue weighted by Crippen LogP contribution is -2.45. The van der Waals surface area contributed by atoms with Crippen LogP contribution in [0.2, 0.25) is 0 Å². The van der Waals surface area contributed by atoms with Crippen LogP contribution in [0.1, 0.15) is 36.7 Å². The van der Waals surface area contributed by atoms with Crippen LogP contribution in [0.15, 0.2) is 60.0 Å². The van der Waals surface area contributed by atoms with Gasteiger partial charge in [-0.3, -0.25) is 14.3 Å². The number of sulfonamides is 1. The molecule has 0 radical (unpaired) electrons. The van der Waals surface area contributed by atoms with Crippen LogP contribution in [0.5, 0.6) is 0 Å². The van der Waals surface area contributed by atoms with Gasteiger partial charge in [0.15, 0.2) is 0 Å². The van der Waals surface area contributed by atoms with Crippen LogP contribution < -0.4 is 15.4 Å². The number of amides is 2. The van der Waals surface area contributed by atoms with E-state index in [0.29, 0.717) is 11.3 Å². The van der Waals surface area contributed by atoms with Gasteiger partial charge in [-0.25, -0.2) is 8.42 Å². The minimum absolute atomic E-state index is 0.144. The summed E-state index contributed by atoms with van der Waals surface area (Å²) < 4.78 is 26.7. The molecule has 7 nitrogen and oxygen atoms in total. The first kappa shape index (κ1) is 22.2. The third-order valence-corrected chi connectivity index (χ3v) is 4.58. The molecule has 3 N–H and O–H groups in total. The molecule has 0 bridgehead atoms.